The highest BCUT2D eigenvalue weighted by molar-refractivity contribution is 6.30. The molecule has 0 aliphatic carbocycles. The molecule has 8 nitrogen and oxygen atoms in total. The van der Waals surface area contributed by atoms with Crippen molar-refractivity contribution >= 4 is 34.2 Å². The van der Waals surface area contributed by atoms with E-state index in [0.717, 1.165) is 5.56 Å². The van der Waals surface area contributed by atoms with Gasteiger partial charge in [0.1, 0.15) is 12.4 Å². The molecule has 1 aromatic heterocycles. The Hall–Kier alpha value is -4.17. The first-order valence-corrected chi connectivity index (χ1v) is 11.4. The molecular weight excluding hydrogens is 468 g/mol. The number of hydrogen-bond donors (Lipinski definition) is 2. The smallest absolute Gasteiger partial charge is 0.290 e. The van der Waals surface area contributed by atoms with E-state index in [9.17, 15) is 14.4 Å². The minimum atomic E-state index is -0.618. The Labute approximate surface area is 206 Å². The van der Waals surface area contributed by atoms with Gasteiger partial charge < -0.3 is 4.74 Å². The van der Waals surface area contributed by atoms with Gasteiger partial charge in [-0.05, 0) is 54.4 Å². The van der Waals surface area contributed by atoms with Crippen molar-refractivity contribution in [3.8, 4) is 5.75 Å². The molecule has 0 aliphatic heterocycles. The number of nitrogens with zero attached hydrogens (tertiary/aromatic N) is 2. The fraction of sp³-hybridized carbons (Fsp3) is 0.154. The predicted octanol–water partition coefficient (Wildman–Crippen LogP) is 4.11. The van der Waals surface area contributed by atoms with Gasteiger partial charge in [-0.15, -0.1) is 0 Å². The third-order valence-corrected chi connectivity index (χ3v) is 5.50. The first-order chi connectivity index (χ1) is 17.0. The first-order valence-electron chi connectivity index (χ1n) is 11.0. The Morgan fingerprint density at radius 3 is 2.26 bits per heavy atom. The second kappa shape index (κ2) is 10.8. The maximum Gasteiger partial charge on any atom is 0.290 e. The summed E-state index contributed by atoms with van der Waals surface area (Å²) in [5.74, 6) is -0.424. The SMILES string of the molecule is CCCn1nc(C(=O)NNC(=O)c2ccc(COc3ccc(Cl)cc3)cc2)c2ccccc2c1=O. The molecule has 2 N–H and O–H groups in total. The fourth-order valence-electron chi connectivity index (χ4n) is 3.46. The summed E-state index contributed by atoms with van der Waals surface area (Å²) < 4.78 is 6.97. The molecule has 0 saturated heterocycles. The van der Waals surface area contributed by atoms with Gasteiger partial charge >= 0.3 is 0 Å². The van der Waals surface area contributed by atoms with Crippen molar-refractivity contribution < 1.29 is 14.3 Å². The second-order valence-electron chi connectivity index (χ2n) is 7.77. The fourth-order valence-corrected chi connectivity index (χ4v) is 3.59. The van der Waals surface area contributed by atoms with E-state index in [1.165, 1.54) is 4.68 Å². The number of halogens is 1. The Balaban J connectivity index is 1.41. The zero-order valence-electron chi connectivity index (χ0n) is 19.0. The van der Waals surface area contributed by atoms with Crippen LogP contribution in [0.3, 0.4) is 0 Å². The largest absolute Gasteiger partial charge is 0.489 e. The number of rotatable bonds is 7. The van der Waals surface area contributed by atoms with E-state index in [-0.39, 0.29) is 11.3 Å². The summed E-state index contributed by atoms with van der Waals surface area (Å²) in [6, 6.07) is 20.6. The van der Waals surface area contributed by atoms with Crippen LogP contribution >= 0.6 is 11.6 Å². The number of benzene rings is 3. The molecule has 0 bridgehead atoms. The molecule has 0 radical (unpaired) electrons. The third-order valence-electron chi connectivity index (χ3n) is 5.24. The van der Waals surface area contributed by atoms with Crippen molar-refractivity contribution in [2.24, 2.45) is 0 Å². The quantitative estimate of drug-likeness (QED) is 0.379. The maximum atomic E-state index is 12.8. The molecular formula is C26H23ClN4O4. The van der Waals surface area contributed by atoms with Crippen molar-refractivity contribution in [1.29, 1.82) is 0 Å². The van der Waals surface area contributed by atoms with E-state index in [2.05, 4.69) is 16.0 Å². The van der Waals surface area contributed by atoms with Crippen LogP contribution in [-0.4, -0.2) is 21.6 Å². The average Bonchev–Trinajstić information content (AvgIpc) is 2.89. The summed E-state index contributed by atoms with van der Waals surface area (Å²) in [6.07, 6.45) is 0.684. The first kappa shape index (κ1) is 24.0. The van der Waals surface area contributed by atoms with Crippen molar-refractivity contribution in [2.45, 2.75) is 26.5 Å². The van der Waals surface area contributed by atoms with Gasteiger partial charge in [0.15, 0.2) is 5.69 Å². The summed E-state index contributed by atoms with van der Waals surface area (Å²) in [7, 11) is 0. The van der Waals surface area contributed by atoms with Crippen LogP contribution in [0.15, 0.2) is 77.6 Å². The van der Waals surface area contributed by atoms with Crippen molar-refractivity contribution in [1.82, 2.24) is 20.6 Å². The number of aryl methyl sites for hydroxylation is 1. The summed E-state index contributed by atoms with van der Waals surface area (Å²) >= 11 is 5.87. The number of carbonyl (C=O) groups is 2. The highest BCUT2D eigenvalue weighted by Crippen LogP contribution is 2.17. The highest BCUT2D eigenvalue weighted by Gasteiger charge is 2.17. The lowest BCUT2D eigenvalue weighted by Crippen LogP contribution is -2.42. The van der Waals surface area contributed by atoms with Crippen LogP contribution in [-0.2, 0) is 13.2 Å². The number of fused-ring (bicyclic) bond motifs is 1. The van der Waals surface area contributed by atoms with Gasteiger partial charge in [0.25, 0.3) is 17.4 Å². The molecule has 0 saturated carbocycles. The van der Waals surface area contributed by atoms with Gasteiger partial charge in [0, 0.05) is 22.5 Å². The molecule has 0 aliphatic rings. The van der Waals surface area contributed by atoms with E-state index in [4.69, 9.17) is 16.3 Å². The van der Waals surface area contributed by atoms with Crippen LogP contribution in [0, 0.1) is 0 Å². The van der Waals surface area contributed by atoms with Gasteiger partial charge in [-0.2, -0.15) is 5.10 Å². The molecule has 0 unspecified atom stereocenters. The third kappa shape index (κ3) is 5.67. The summed E-state index contributed by atoms with van der Waals surface area (Å²) in [5.41, 5.74) is 5.82. The number of hydrazine groups is 1. The number of ether oxygens (including phenoxy) is 1. The van der Waals surface area contributed by atoms with E-state index >= 15 is 0 Å². The van der Waals surface area contributed by atoms with Gasteiger partial charge in [-0.25, -0.2) is 4.68 Å². The van der Waals surface area contributed by atoms with Crippen LogP contribution in [0.5, 0.6) is 5.75 Å². The number of hydrogen-bond acceptors (Lipinski definition) is 5. The predicted molar refractivity (Wildman–Crippen MR) is 133 cm³/mol. The standard InChI is InChI=1S/C26H23ClN4O4/c1-2-15-31-26(34)22-6-4-3-5-21(22)23(30-31)25(33)29-28-24(32)18-9-7-17(8-10-18)16-35-20-13-11-19(27)12-14-20/h3-14H,2,15-16H2,1H3,(H,28,32)(H,29,33). The Morgan fingerprint density at radius 2 is 1.57 bits per heavy atom. The molecule has 178 valence electrons. The van der Waals surface area contributed by atoms with Crippen LogP contribution in [0.25, 0.3) is 10.8 Å². The molecule has 35 heavy (non-hydrogen) atoms. The summed E-state index contributed by atoms with van der Waals surface area (Å²) in [5, 5.41) is 5.66. The monoisotopic (exact) mass is 490 g/mol. The molecule has 0 spiro atoms. The zero-order chi connectivity index (χ0) is 24.8. The lowest BCUT2D eigenvalue weighted by atomic mass is 10.1. The van der Waals surface area contributed by atoms with Crippen LogP contribution < -0.4 is 21.1 Å². The summed E-state index contributed by atoms with van der Waals surface area (Å²) in [6.45, 7) is 2.62. The van der Waals surface area contributed by atoms with Gasteiger partial charge in [0.2, 0.25) is 0 Å². The van der Waals surface area contributed by atoms with Gasteiger partial charge in [0.05, 0.1) is 5.39 Å². The number of carbonyl (C=O) groups excluding carboxylic acids is 2. The maximum absolute atomic E-state index is 12.8. The van der Waals surface area contributed by atoms with Crippen LogP contribution in [0.2, 0.25) is 5.02 Å². The van der Waals surface area contributed by atoms with Gasteiger partial charge in [-0.1, -0.05) is 48.9 Å². The molecule has 0 fully saturated rings. The molecule has 2 amide bonds. The zero-order valence-corrected chi connectivity index (χ0v) is 19.7. The van der Waals surface area contributed by atoms with Crippen molar-refractivity contribution in [3.05, 3.63) is 105 Å². The average molecular weight is 491 g/mol. The van der Waals surface area contributed by atoms with E-state index in [1.54, 1.807) is 72.8 Å². The molecule has 9 heteroatoms. The van der Waals surface area contributed by atoms with Crippen LogP contribution in [0.4, 0.5) is 0 Å². The van der Waals surface area contributed by atoms with E-state index in [0.29, 0.717) is 46.7 Å². The number of nitrogens with one attached hydrogen (secondary N) is 2. The Bertz CT molecular complexity index is 1420. The van der Waals surface area contributed by atoms with Crippen molar-refractivity contribution in [3.63, 3.8) is 0 Å². The number of aromatic nitrogens is 2. The van der Waals surface area contributed by atoms with Gasteiger partial charge in [-0.3, -0.25) is 25.2 Å². The minimum Gasteiger partial charge on any atom is -0.489 e. The minimum absolute atomic E-state index is 0.0589. The highest BCUT2D eigenvalue weighted by atomic mass is 35.5. The lowest BCUT2D eigenvalue weighted by molar-refractivity contribution is 0.0843. The second-order valence-corrected chi connectivity index (χ2v) is 8.21. The molecule has 0 atom stereocenters. The molecule has 4 aromatic rings. The summed E-state index contributed by atoms with van der Waals surface area (Å²) in [4.78, 5) is 38.0. The van der Waals surface area contributed by atoms with Crippen LogP contribution in [0.1, 0.15) is 39.8 Å². The van der Waals surface area contributed by atoms with E-state index < -0.39 is 11.8 Å². The lowest BCUT2D eigenvalue weighted by Gasteiger charge is -2.12. The normalized spacial score (nSPS) is 10.7. The Kier molecular flexibility index (Phi) is 7.42. The molecule has 3 aromatic carbocycles. The molecule has 4 rings (SSSR count). The Morgan fingerprint density at radius 1 is 0.914 bits per heavy atom. The van der Waals surface area contributed by atoms with Crippen molar-refractivity contribution in [2.75, 3.05) is 0 Å². The van der Waals surface area contributed by atoms with E-state index in [1.807, 2.05) is 6.92 Å². The molecule has 1 heterocycles. The topological polar surface area (TPSA) is 102 Å². The number of amides is 2.